The number of pyridine rings is 1. The van der Waals surface area contributed by atoms with Crippen LogP contribution in [0.5, 0.6) is 0 Å². The summed E-state index contributed by atoms with van der Waals surface area (Å²) in [6.07, 6.45) is 1.39. The fourth-order valence-electron chi connectivity index (χ4n) is 2.48. The normalized spacial score (nSPS) is 10.9. The van der Waals surface area contributed by atoms with Crippen molar-refractivity contribution in [2.45, 2.75) is 19.8 Å². The van der Waals surface area contributed by atoms with Crippen molar-refractivity contribution in [1.82, 2.24) is 9.38 Å². The first-order valence-electron chi connectivity index (χ1n) is 7.51. The van der Waals surface area contributed by atoms with E-state index in [2.05, 4.69) is 18.8 Å². The minimum atomic E-state index is -0.652. The van der Waals surface area contributed by atoms with Gasteiger partial charge in [0.2, 0.25) is 0 Å². The van der Waals surface area contributed by atoms with Crippen molar-refractivity contribution < 1.29 is 9.53 Å². The van der Waals surface area contributed by atoms with Crippen LogP contribution in [0.1, 0.15) is 35.7 Å². The van der Waals surface area contributed by atoms with Crippen LogP contribution in [-0.2, 0) is 4.74 Å². The van der Waals surface area contributed by atoms with Crippen LogP contribution < -0.4 is 5.56 Å². The van der Waals surface area contributed by atoms with E-state index in [-0.39, 0.29) is 17.7 Å². The molecule has 0 bridgehead atoms. The first-order valence-corrected chi connectivity index (χ1v) is 7.51. The molecule has 0 saturated carbocycles. The summed E-state index contributed by atoms with van der Waals surface area (Å²) in [7, 11) is 0. The molecule has 0 radical (unpaired) electrons. The van der Waals surface area contributed by atoms with E-state index in [1.807, 2.05) is 18.2 Å². The van der Waals surface area contributed by atoms with Gasteiger partial charge in [-0.25, -0.2) is 9.78 Å². The Morgan fingerprint density at radius 2 is 2.12 bits per heavy atom. The summed E-state index contributed by atoms with van der Waals surface area (Å²) in [5, 5.41) is 8.98. The van der Waals surface area contributed by atoms with Gasteiger partial charge >= 0.3 is 5.97 Å². The number of rotatable bonds is 3. The number of hydrogen-bond acceptors (Lipinski definition) is 5. The lowest BCUT2D eigenvalue weighted by atomic mass is 10.0. The molecule has 0 saturated heterocycles. The summed E-state index contributed by atoms with van der Waals surface area (Å²) in [5.74, 6) is -0.358. The van der Waals surface area contributed by atoms with Crippen molar-refractivity contribution in [3.63, 3.8) is 0 Å². The Kier molecular flexibility index (Phi) is 4.00. The lowest BCUT2D eigenvalue weighted by Crippen LogP contribution is -2.17. The van der Waals surface area contributed by atoms with Crippen molar-refractivity contribution in [1.29, 1.82) is 5.26 Å². The highest BCUT2D eigenvalue weighted by Crippen LogP contribution is 2.19. The average molecular weight is 321 g/mol. The molecule has 0 aliphatic heterocycles. The third kappa shape index (κ3) is 2.72. The van der Waals surface area contributed by atoms with E-state index in [4.69, 9.17) is 10.00 Å². The number of hydrogen-bond donors (Lipinski definition) is 0. The zero-order valence-corrected chi connectivity index (χ0v) is 13.3. The monoisotopic (exact) mass is 321 g/mol. The Morgan fingerprint density at radius 1 is 1.33 bits per heavy atom. The van der Waals surface area contributed by atoms with Gasteiger partial charge in [-0.3, -0.25) is 9.20 Å². The smallest absolute Gasteiger partial charge is 0.340 e. The number of fused-ring (bicyclic) bond motifs is 2. The first kappa shape index (κ1) is 15.7. The van der Waals surface area contributed by atoms with Gasteiger partial charge in [-0.05, 0) is 35.7 Å². The molecule has 120 valence electrons. The van der Waals surface area contributed by atoms with Crippen molar-refractivity contribution in [3.05, 3.63) is 58.0 Å². The van der Waals surface area contributed by atoms with Crippen molar-refractivity contribution in [3.8, 4) is 6.07 Å². The molecule has 3 rings (SSSR count). The molecular formula is C18H15N3O3. The van der Waals surface area contributed by atoms with E-state index < -0.39 is 5.97 Å². The quantitative estimate of drug-likeness (QED) is 0.547. The van der Waals surface area contributed by atoms with E-state index >= 15 is 0 Å². The van der Waals surface area contributed by atoms with Gasteiger partial charge in [0.15, 0.2) is 6.61 Å². The Hall–Kier alpha value is -3.20. The van der Waals surface area contributed by atoms with Crippen LogP contribution in [0.25, 0.3) is 16.6 Å². The van der Waals surface area contributed by atoms with Gasteiger partial charge in [0, 0.05) is 6.20 Å². The number of nitriles is 1. The summed E-state index contributed by atoms with van der Waals surface area (Å²) in [6, 6.07) is 10.5. The van der Waals surface area contributed by atoms with Gasteiger partial charge < -0.3 is 4.74 Å². The van der Waals surface area contributed by atoms with Gasteiger partial charge in [0.1, 0.15) is 11.7 Å². The Bertz CT molecular complexity index is 1040. The molecular weight excluding hydrogens is 306 g/mol. The second-order valence-electron chi connectivity index (χ2n) is 5.73. The lowest BCUT2D eigenvalue weighted by molar-refractivity contribution is 0.0554. The second kappa shape index (κ2) is 6.13. The number of nitrogens with zero attached hydrogens (tertiary/aromatic N) is 3. The van der Waals surface area contributed by atoms with Gasteiger partial charge in [0.05, 0.1) is 16.5 Å². The molecule has 0 spiro atoms. The van der Waals surface area contributed by atoms with E-state index in [1.165, 1.54) is 16.7 Å². The molecule has 2 aromatic heterocycles. The van der Waals surface area contributed by atoms with E-state index in [9.17, 15) is 9.59 Å². The van der Waals surface area contributed by atoms with Crippen LogP contribution >= 0.6 is 0 Å². The van der Waals surface area contributed by atoms with Crippen LogP contribution in [0.2, 0.25) is 0 Å². The summed E-state index contributed by atoms with van der Waals surface area (Å²) < 4.78 is 6.10. The number of aromatic nitrogens is 2. The zero-order chi connectivity index (χ0) is 17.3. The SMILES string of the molecule is CC(C)c1ccc2nc3ccc(C(=O)OCC#N)cn3c(=O)c2c1. The standard InChI is InChI=1S/C18H15N3O3/c1-11(2)12-3-5-15-14(9-12)17(22)21-10-13(4-6-16(21)20-15)18(23)24-8-7-19/h3-6,9-11H,8H2,1-2H3. The maximum atomic E-state index is 12.8. The van der Waals surface area contributed by atoms with E-state index in [1.54, 1.807) is 12.1 Å². The van der Waals surface area contributed by atoms with Crippen molar-refractivity contribution in [2.24, 2.45) is 0 Å². The summed E-state index contributed by atoms with van der Waals surface area (Å²) >= 11 is 0. The molecule has 0 atom stereocenters. The van der Waals surface area contributed by atoms with Gasteiger partial charge in [-0.1, -0.05) is 19.9 Å². The Labute approximate surface area is 137 Å². The number of esters is 1. The molecule has 0 N–H and O–H groups in total. The Morgan fingerprint density at radius 3 is 2.83 bits per heavy atom. The predicted octanol–water partition coefficient (Wildman–Crippen LogP) is 2.65. The molecule has 6 nitrogen and oxygen atoms in total. The number of benzene rings is 1. The van der Waals surface area contributed by atoms with Crippen LogP contribution in [0.3, 0.4) is 0 Å². The highest BCUT2D eigenvalue weighted by Gasteiger charge is 2.12. The molecule has 0 amide bonds. The third-order valence-corrected chi connectivity index (χ3v) is 3.80. The van der Waals surface area contributed by atoms with Crippen LogP contribution in [0.4, 0.5) is 0 Å². The molecule has 1 aromatic carbocycles. The van der Waals surface area contributed by atoms with Crippen LogP contribution in [0, 0.1) is 11.3 Å². The fraction of sp³-hybridized carbons (Fsp3) is 0.222. The molecule has 0 aliphatic rings. The van der Waals surface area contributed by atoms with Crippen LogP contribution in [0.15, 0.2) is 41.3 Å². The van der Waals surface area contributed by atoms with Crippen molar-refractivity contribution in [2.75, 3.05) is 6.61 Å². The maximum Gasteiger partial charge on any atom is 0.340 e. The molecule has 0 aliphatic carbocycles. The number of carbonyl (C=O) groups excluding carboxylic acids is 1. The number of carbonyl (C=O) groups is 1. The zero-order valence-electron chi connectivity index (χ0n) is 13.3. The topological polar surface area (TPSA) is 84.5 Å². The molecule has 3 aromatic rings. The highest BCUT2D eigenvalue weighted by atomic mass is 16.5. The second-order valence-corrected chi connectivity index (χ2v) is 5.73. The maximum absolute atomic E-state index is 12.8. The van der Waals surface area contributed by atoms with Gasteiger partial charge in [0.25, 0.3) is 5.56 Å². The lowest BCUT2D eigenvalue weighted by Gasteiger charge is -2.08. The Balaban J connectivity index is 2.19. The summed E-state index contributed by atoms with van der Waals surface area (Å²) in [4.78, 5) is 29.1. The first-order chi connectivity index (χ1) is 11.5. The highest BCUT2D eigenvalue weighted by molar-refractivity contribution is 5.90. The number of ether oxygens (including phenoxy) is 1. The minimum absolute atomic E-state index is 0.195. The van der Waals surface area contributed by atoms with Crippen molar-refractivity contribution >= 4 is 22.5 Å². The largest absolute Gasteiger partial charge is 0.447 e. The fourth-order valence-corrected chi connectivity index (χ4v) is 2.48. The summed E-state index contributed by atoms with van der Waals surface area (Å²) in [5.41, 5.74) is 2.06. The molecule has 2 heterocycles. The van der Waals surface area contributed by atoms with Crippen LogP contribution in [-0.4, -0.2) is 22.0 Å². The molecule has 0 fully saturated rings. The third-order valence-electron chi connectivity index (χ3n) is 3.80. The summed E-state index contributed by atoms with van der Waals surface area (Å²) in [6.45, 7) is 3.77. The average Bonchev–Trinajstić information content (AvgIpc) is 2.59. The van der Waals surface area contributed by atoms with Gasteiger partial charge in [-0.15, -0.1) is 0 Å². The minimum Gasteiger partial charge on any atom is -0.447 e. The molecule has 24 heavy (non-hydrogen) atoms. The van der Waals surface area contributed by atoms with E-state index in [0.29, 0.717) is 22.5 Å². The molecule has 0 unspecified atom stereocenters. The predicted molar refractivity (Wildman–Crippen MR) is 89.0 cm³/mol. The molecule has 6 heteroatoms. The van der Waals surface area contributed by atoms with E-state index in [0.717, 1.165) is 5.56 Å². The van der Waals surface area contributed by atoms with Gasteiger partial charge in [-0.2, -0.15) is 5.26 Å².